The van der Waals surface area contributed by atoms with E-state index < -0.39 is 0 Å². The Morgan fingerprint density at radius 3 is 1.95 bits per heavy atom. The van der Waals surface area contributed by atoms with Crippen molar-refractivity contribution in [2.24, 2.45) is 0 Å². The van der Waals surface area contributed by atoms with Gasteiger partial charge in [0.2, 0.25) is 0 Å². The molecule has 4 heteroatoms. The molecule has 3 nitrogen and oxygen atoms in total. The molecule has 0 aliphatic heterocycles. The number of fused-ring (bicyclic) bond motifs is 3. The van der Waals surface area contributed by atoms with Crippen molar-refractivity contribution in [3.05, 3.63) is 142 Å². The van der Waals surface area contributed by atoms with Crippen molar-refractivity contribution in [3.8, 4) is 0 Å². The molecule has 1 heterocycles. The van der Waals surface area contributed by atoms with Gasteiger partial charge in [-0.05, 0) is 71.6 Å². The van der Waals surface area contributed by atoms with E-state index in [1.165, 1.54) is 10.9 Å². The third-order valence-corrected chi connectivity index (χ3v) is 8.30. The van der Waals surface area contributed by atoms with Crippen LogP contribution in [0.25, 0.3) is 27.6 Å². The summed E-state index contributed by atoms with van der Waals surface area (Å²) in [7, 11) is 0. The van der Waals surface area contributed by atoms with Gasteiger partial charge in [0.15, 0.2) is 11.6 Å². The van der Waals surface area contributed by atoms with Gasteiger partial charge in [0.25, 0.3) is 0 Å². The molecule has 1 aliphatic rings. The smallest absolute Gasteiger partial charge is 0.197 e. The number of thiophene rings is 1. The highest BCUT2D eigenvalue weighted by Gasteiger charge is 2.33. The van der Waals surface area contributed by atoms with Gasteiger partial charge in [0, 0.05) is 27.1 Å². The van der Waals surface area contributed by atoms with Gasteiger partial charge in [-0.1, -0.05) is 78.4 Å². The molecule has 0 saturated heterocycles. The molecule has 7 rings (SSSR count). The average molecular weight is 522 g/mol. The molecule has 0 N–H and O–H groups in total. The van der Waals surface area contributed by atoms with Crippen LogP contribution in [-0.2, 0) is 0 Å². The topological polar surface area (TPSA) is 37.4 Å². The maximum absolute atomic E-state index is 13.3. The lowest BCUT2D eigenvalue weighted by Crippen LogP contribution is -2.08. The first-order valence-corrected chi connectivity index (χ1v) is 13.7. The van der Waals surface area contributed by atoms with Gasteiger partial charge in [-0.15, -0.1) is 11.3 Å². The van der Waals surface area contributed by atoms with Crippen LogP contribution in [0.4, 0.5) is 16.4 Å². The van der Waals surface area contributed by atoms with Crippen LogP contribution < -0.4 is 4.90 Å². The monoisotopic (exact) mass is 521 g/mol. The summed E-state index contributed by atoms with van der Waals surface area (Å²) in [4.78, 5) is 29.7. The molecule has 0 unspecified atom stereocenters. The fourth-order valence-corrected chi connectivity index (χ4v) is 6.29. The van der Waals surface area contributed by atoms with E-state index in [-0.39, 0.29) is 17.1 Å². The average Bonchev–Trinajstić information content (AvgIpc) is 3.52. The van der Waals surface area contributed by atoms with Crippen molar-refractivity contribution in [1.29, 1.82) is 0 Å². The van der Waals surface area contributed by atoms with Crippen molar-refractivity contribution in [3.63, 3.8) is 0 Å². The maximum Gasteiger partial charge on any atom is 0.197 e. The van der Waals surface area contributed by atoms with E-state index in [1.54, 1.807) is 17.4 Å². The Morgan fingerprint density at radius 2 is 1.26 bits per heavy atom. The lowest BCUT2D eigenvalue weighted by Gasteiger charge is -2.25. The number of hydrogen-bond donors (Lipinski definition) is 0. The normalized spacial score (nSPS) is 12.8. The van der Waals surface area contributed by atoms with Gasteiger partial charge in [-0.2, -0.15) is 0 Å². The summed E-state index contributed by atoms with van der Waals surface area (Å²) in [5, 5.41) is 5.24. The van der Waals surface area contributed by atoms with Crippen molar-refractivity contribution >= 4 is 66.9 Å². The summed E-state index contributed by atoms with van der Waals surface area (Å²) < 4.78 is 0. The number of Topliss-reactive ketones (excluding diaryl/α,β-unsaturated/α-hetero) is 2. The molecule has 1 aromatic heterocycles. The predicted octanol–water partition coefficient (Wildman–Crippen LogP) is 9.30. The Morgan fingerprint density at radius 1 is 0.641 bits per heavy atom. The van der Waals surface area contributed by atoms with Gasteiger partial charge in [-0.3, -0.25) is 9.59 Å². The zero-order valence-corrected chi connectivity index (χ0v) is 22.0. The highest BCUT2D eigenvalue weighted by atomic mass is 32.1. The Balaban J connectivity index is 1.32. The van der Waals surface area contributed by atoms with Crippen LogP contribution in [0.2, 0.25) is 0 Å². The number of rotatable bonds is 4. The number of carbonyl (C=O) groups is 2. The van der Waals surface area contributed by atoms with Crippen molar-refractivity contribution in [1.82, 2.24) is 0 Å². The van der Waals surface area contributed by atoms with E-state index in [0.717, 1.165) is 37.4 Å². The van der Waals surface area contributed by atoms with E-state index in [9.17, 15) is 9.59 Å². The number of carbonyl (C=O) groups excluding carboxylic acids is 2. The largest absolute Gasteiger partial charge is 0.301 e. The van der Waals surface area contributed by atoms with E-state index in [0.29, 0.717) is 11.1 Å². The summed E-state index contributed by atoms with van der Waals surface area (Å²) in [5.41, 5.74) is 4.51. The number of allylic oxidation sites excluding steroid dienone is 1. The molecule has 0 spiro atoms. The Bertz CT molecular complexity index is 1900. The molecule has 0 bridgehead atoms. The molecule has 1 aliphatic carbocycles. The first-order valence-electron chi connectivity index (χ1n) is 12.9. The van der Waals surface area contributed by atoms with E-state index in [1.807, 2.05) is 48.5 Å². The van der Waals surface area contributed by atoms with Crippen LogP contribution in [0.3, 0.4) is 0 Å². The molecule has 0 saturated carbocycles. The number of ketones is 2. The Kier molecular flexibility index (Phi) is 5.50. The number of hydrogen-bond acceptors (Lipinski definition) is 4. The van der Waals surface area contributed by atoms with Crippen molar-refractivity contribution in [2.45, 2.75) is 6.92 Å². The van der Waals surface area contributed by atoms with Crippen LogP contribution in [0, 0.1) is 6.92 Å². The number of anilines is 3. The van der Waals surface area contributed by atoms with Crippen LogP contribution in [0.15, 0.2) is 121 Å². The molecule has 0 radical (unpaired) electrons. The van der Waals surface area contributed by atoms with Crippen LogP contribution in [-0.4, -0.2) is 11.6 Å². The summed E-state index contributed by atoms with van der Waals surface area (Å²) in [5.74, 6) is -0.416. The second-order valence-electron chi connectivity index (χ2n) is 9.81. The van der Waals surface area contributed by atoms with Gasteiger partial charge < -0.3 is 4.90 Å². The highest BCUT2D eigenvalue weighted by Crippen LogP contribution is 2.43. The van der Waals surface area contributed by atoms with E-state index in [4.69, 9.17) is 0 Å². The maximum atomic E-state index is 13.3. The summed E-state index contributed by atoms with van der Waals surface area (Å²) in [6.45, 7) is 2.08. The third kappa shape index (κ3) is 3.97. The van der Waals surface area contributed by atoms with Crippen LogP contribution >= 0.6 is 11.3 Å². The molecule has 0 amide bonds. The Hall–Kier alpha value is -4.80. The fourth-order valence-electron chi connectivity index (χ4n) is 5.30. The minimum atomic E-state index is -0.208. The van der Waals surface area contributed by atoms with Gasteiger partial charge in [0.05, 0.1) is 11.3 Å². The van der Waals surface area contributed by atoms with E-state index >= 15 is 0 Å². The minimum absolute atomic E-state index is 0.208. The molecule has 0 atom stereocenters. The highest BCUT2D eigenvalue weighted by molar-refractivity contribution is 7.17. The summed E-state index contributed by atoms with van der Waals surface area (Å²) >= 11 is 1.56. The molecular weight excluding hydrogens is 498 g/mol. The lowest BCUT2D eigenvalue weighted by molar-refractivity contribution is 0.0990. The standard InChI is InChI=1S/C35H23NO2S/c1-22-13-15-26(16-14-22)36(32-12-6-10-23-7-4-5-11-28(23)32)33-18-17-27(39-33)21-31-34(37)29-19-24-8-2-3-9-25(24)20-30(29)35(31)38/h2-21H,1H3. The van der Waals surface area contributed by atoms with Gasteiger partial charge in [-0.25, -0.2) is 0 Å². The predicted molar refractivity (Wildman–Crippen MR) is 162 cm³/mol. The zero-order valence-electron chi connectivity index (χ0n) is 21.2. The summed E-state index contributed by atoms with van der Waals surface area (Å²) in [6, 6.07) is 38.7. The van der Waals surface area contributed by atoms with E-state index in [2.05, 4.69) is 78.6 Å². The first kappa shape index (κ1) is 23.3. The molecule has 186 valence electrons. The molecular formula is C35H23NO2S. The minimum Gasteiger partial charge on any atom is -0.301 e. The molecule has 0 fully saturated rings. The quantitative estimate of drug-likeness (QED) is 0.171. The second-order valence-corrected chi connectivity index (χ2v) is 10.9. The lowest BCUT2D eigenvalue weighted by atomic mass is 10.0. The summed E-state index contributed by atoms with van der Waals surface area (Å²) in [6.07, 6.45) is 1.75. The number of aryl methyl sites for hydroxylation is 1. The second kappa shape index (κ2) is 9.19. The first-order chi connectivity index (χ1) is 19.1. The van der Waals surface area contributed by atoms with Gasteiger partial charge >= 0.3 is 0 Å². The van der Waals surface area contributed by atoms with Crippen molar-refractivity contribution in [2.75, 3.05) is 4.90 Å². The fraction of sp³-hybridized carbons (Fsp3) is 0.0286. The number of nitrogens with zero attached hydrogens (tertiary/aromatic N) is 1. The Labute approximate surface area is 230 Å². The number of benzene rings is 5. The van der Waals surface area contributed by atoms with Gasteiger partial charge in [0.1, 0.15) is 5.00 Å². The molecule has 39 heavy (non-hydrogen) atoms. The third-order valence-electron chi connectivity index (χ3n) is 7.28. The SMILES string of the molecule is Cc1ccc(N(c2ccc(C=C3C(=O)c4cc5ccccc5cc4C3=O)s2)c2cccc3ccccc23)cc1. The van der Waals surface area contributed by atoms with Crippen LogP contribution in [0.1, 0.15) is 31.2 Å². The molecule has 5 aromatic carbocycles. The van der Waals surface area contributed by atoms with Crippen molar-refractivity contribution < 1.29 is 9.59 Å². The molecule has 6 aromatic rings. The zero-order chi connectivity index (χ0) is 26.5. The van der Waals surface area contributed by atoms with Crippen LogP contribution in [0.5, 0.6) is 0 Å².